The van der Waals surface area contributed by atoms with Crippen molar-refractivity contribution in [3.8, 4) is 22.7 Å². The lowest BCUT2D eigenvalue weighted by Crippen LogP contribution is -2.43. The number of anilines is 1. The number of alkyl halides is 3. The standard InChI is InChI=1S/C29H27F3N4O3/c1-20(2)35(27(38)17-21-10-9-15-24(16-21)39-29(30,31)32)19-26(37)34-28-33-25(22-11-5-3-6-12-22)18-36(28)23-13-7-4-8-14-23/h3-16,18,20H,17,19H2,1-2H3,(H,33,34,37). The predicted octanol–water partition coefficient (Wildman–Crippen LogP) is 5.86. The van der Waals surface area contributed by atoms with Gasteiger partial charge in [-0.25, -0.2) is 4.98 Å². The molecule has 7 nitrogen and oxygen atoms in total. The van der Waals surface area contributed by atoms with Gasteiger partial charge in [0.15, 0.2) is 0 Å². The predicted molar refractivity (Wildman–Crippen MR) is 141 cm³/mol. The van der Waals surface area contributed by atoms with E-state index in [9.17, 15) is 22.8 Å². The number of benzene rings is 3. The average Bonchev–Trinajstić information content (AvgIpc) is 3.31. The molecular weight excluding hydrogens is 509 g/mol. The van der Waals surface area contributed by atoms with E-state index in [1.165, 1.54) is 17.0 Å². The Balaban J connectivity index is 1.51. The maximum Gasteiger partial charge on any atom is 0.573 e. The summed E-state index contributed by atoms with van der Waals surface area (Å²) in [6, 6.07) is 23.8. The largest absolute Gasteiger partial charge is 0.573 e. The number of amides is 2. The Bertz CT molecular complexity index is 1420. The summed E-state index contributed by atoms with van der Waals surface area (Å²) in [4.78, 5) is 32.2. The quantitative estimate of drug-likeness (QED) is 0.291. The second kappa shape index (κ2) is 11.8. The van der Waals surface area contributed by atoms with E-state index in [0.29, 0.717) is 17.2 Å². The van der Waals surface area contributed by atoms with Crippen molar-refractivity contribution < 1.29 is 27.5 Å². The summed E-state index contributed by atoms with van der Waals surface area (Å²) in [5.41, 5.74) is 2.66. The van der Waals surface area contributed by atoms with Gasteiger partial charge in [0.2, 0.25) is 17.8 Å². The SMILES string of the molecule is CC(C)N(CC(=O)Nc1nc(-c2ccccc2)cn1-c1ccccc1)C(=O)Cc1cccc(OC(F)(F)F)c1. The van der Waals surface area contributed by atoms with Crippen LogP contribution in [0, 0.1) is 0 Å². The molecule has 0 radical (unpaired) electrons. The molecule has 1 N–H and O–H groups in total. The highest BCUT2D eigenvalue weighted by Gasteiger charge is 2.31. The summed E-state index contributed by atoms with van der Waals surface area (Å²) in [6.45, 7) is 3.25. The zero-order chi connectivity index (χ0) is 28.0. The molecule has 1 aromatic heterocycles. The lowest BCUT2D eigenvalue weighted by Gasteiger charge is -2.26. The Morgan fingerprint density at radius 1 is 0.974 bits per heavy atom. The Morgan fingerprint density at radius 2 is 1.64 bits per heavy atom. The fourth-order valence-electron chi connectivity index (χ4n) is 4.01. The molecule has 0 unspecified atom stereocenters. The third kappa shape index (κ3) is 7.47. The van der Waals surface area contributed by atoms with Crippen molar-refractivity contribution in [1.29, 1.82) is 0 Å². The van der Waals surface area contributed by atoms with Gasteiger partial charge in [0.05, 0.1) is 12.1 Å². The van der Waals surface area contributed by atoms with Gasteiger partial charge in [-0.1, -0.05) is 60.7 Å². The third-order valence-corrected chi connectivity index (χ3v) is 5.81. The number of para-hydroxylation sites is 1. The molecule has 0 fully saturated rings. The molecule has 0 aliphatic rings. The molecular formula is C29H27F3N4O3. The van der Waals surface area contributed by atoms with E-state index in [4.69, 9.17) is 0 Å². The van der Waals surface area contributed by atoms with Crippen LogP contribution in [0.1, 0.15) is 19.4 Å². The lowest BCUT2D eigenvalue weighted by atomic mass is 10.1. The van der Waals surface area contributed by atoms with Gasteiger partial charge in [-0.15, -0.1) is 13.2 Å². The normalized spacial score (nSPS) is 11.3. The van der Waals surface area contributed by atoms with Crippen LogP contribution in [0.2, 0.25) is 0 Å². The smallest absolute Gasteiger partial charge is 0.406 e. The highest BCUT2D eigenvalue weighted by atomic mass is 19.4. The summed E-state index contributed by atoms with van der Waals surface area (Å²) in [5, 5.41) is 2.81. The molecule has 0 saturated heterocycles. The first kappa shape index (κ1) is 27.4. The number of rotatable bonds is 9. The fraction of sp³-hybridized carbons (Fsp3) is 0.207. The van der Waals surface area contributed by atoms with Crippen LogP contribution in [0.4, 0.5) is 19.1 Å². The maximum atomic E-state index is 13.1. The van der Waals surface area contributed by atoms with Crippen LogP contribution >= 0.6 is 0 Å². The Labute approximate surface area is 223 Å². The first-order valence-corrected chi connectivity index (χ1v) is 12.2. The number of carbonyl (C=O) groups is 2. The van der Waals surface area contributed by atoms with Crippen LogP contribution in [0.15, 0.2) is 91.1 Å². The van der Waals surface area contributed by atoms with Crippen LogP contribution < -0.4 is 10.1 Å². The van der Waals surface area contributed by atoms with Crippen LogP contribution in [-0.2, 0) is 16.0 Å². The summed E-state index contributed by atoms with van der Waals surface area (Å²) < 4.78 is 43.4. The Hall–Kier alpha value is -4.60. The lowest BCUT2D eigenvalue weighted by molar-refractivity contribution is -0.274. The highest BCUT2D eigenvalue weighted by Crippen LogP contribution is 2.25. The summed E-state index contributed by atoms with van der Waals surface area (Å²) in [5.74, 6) is -1.00. The summed E-state index contributed by atoms with van der Waals surface area (Å²) in [6.07, 6.45) is -3.21. The molecule has 3 aromatic carbocycles. The van der Waals surface area contributed by atoms with Crippen molar-refractivity contribution in [3.05, 3.63) is 96.7 Å². The molecule has 2 amide bonds. The molecule has 4 aromatic rings. The number of nitrogens with one attached hydrogen (secondary N) is 1. The molecule has 4 rings (SSSR count). The zero-order valence-corrected chi connectivity index (χ0v) is 21.4. The van der Waals surface area contributed by atoms with E-state index < -0.39 is 23.9 Å². The van der Waals surface area contributed by atoms with Crippen LogP contribution in [-0.4, -0.2) is 45.2 Å². The Kier molecular flexibility index (Phi) is 8.33. The van der Waals surface area contributed by atoms with Crippen LogP contribution in [0.5, 0.6) is 5.75 Å². The molecule has 0 atom stereocenters. The van der Waals surface area contributed by atoms with Gasteiger partial charge >= 0.3 is 6.36 Å². The van der Waals surface area contributed by atoms with Crippen molar-refractivity contribution in [2.75, 3.05) is 11.9 Å². The summed E-state index contributed by atoms with van der Waals surface area (Å²) >= 11 is 0. The van der Waals surface area contributed by atoms with Crippen molar-refractivity contribution in [2.45, 2.75) is 32.7 Å². The second-order valence-electron chi connectivity index (χ2n) is 9.06. The number of imidazole rings is 1. The number of nitrogens with zero attached hydrogens (tertiary/aromatic N) is 3. The molecule has 0 spiro atoms. The van der Waals surface area contributed by atoms with Crippen molar-refractivity contribution in [2.24, 2.45) is 0 Å². The van der Waals surface area contributed by atoms with Gasteiger partial charge in [-0.3, -0.25) is 19.5 Å². The fourth-order valence-corrected chi connectivity index (χ4v) is 4.01. The molecule has 0 saturated carbocycles. The number of halogens is 3. The van der Waals surface area contributed by atoms with E-state index in [-0.39, 0.29) is 19.0 Å². The van der Waals surface area contributed by atoms with Crippen molar-refractivity contribution in [3.63, 3.8) is 0 Å². The van der Waals surface area contributed by atoms with Gasteiger partial charge in [-0.2, -0.15) is 0 Å². The van der Waals surface area contributed by atoms with Crippen molar-refractivity contribution >= 4 is 17.8 Å². The minimum Gasteiger partial charge on any atom is -0.406 e. The summed E-state index contributed by atoms with van der Waals surface area (Å²) in [7, 11) is 0. The first-order chi connectivity index (χ1) is 18.6. The third-order valence-electron chi connectivity index (χ3n) is 5.81. The first-order valence-electron chi connectivity index (χ1n) is 12.2. The minimum atomic E-state index is -4.84. The van der Waals surface area contributed by atoms with E-state index in [1.807, 2.05) is 66.9 Å². The van der Waals surface area contributed by atoms with Crippen molar-refractivity contribution in [1.82, 2.24) is 14.5 Å². The molecule has 202 valence electrons. The zero-order valence-electron chi connectivity index (χ0n) is 21.4. The van der Waals surface area contributed by atoms with E-state index in [2.05, 4.69) is 15.0 Å². The van der Waals surface area contributed by atoms with Gasteiger partial charge in [0, 0.05) is 23.5 Å². The molecule has 0 aliphatic heterocycles. The number of ether oxygens (including phenoxy) is 1. The molecule has 10 heteroatoms. The van der Waals surface area contributed by atoms with Gasteiger partial charge < -0.3 is 9.64 Å². The monoisotopic (exact) mass is 536 g/mol. The van der Waals surface area contributed by atoms with Gasteiger partial charge in [0.1, 0.15) is 12.3 Å². The minimum absolute atomic E-state index is 0.197. The van der Waals surface area contributed by atoms with E-state index in [0.717, 1.165) is 23.4 Å². The molecule has 0 bridgehead atoms. The van der Waals surface area contributed by atoms with E-state index in [1.54, 1.807) is 18.4 Å². The maximum absolute atomic E-state index is 13.1. The number of hydrogen-bond donors (Lipinski definition) is 1. The van der Waals surface area contributed by atoms with E-state index >= 15 is 0 Å². The average molecular weight is 537 g/mol. The van der Waals surface area contributed by atoms with Gasteiger partial charge in [-0.05, 0) is 43.7 Å². The molecule has 0 aliphatic carbocycles. The van der Waals surface area contributed by atoms with Gasteiger partial charge in [0.25, 0.3) is 0 Å². The van der Waals surface area contributed by atoms with Crippen LogP contribution in [0.25, 0.3) is 16.9 Å². The highest BCUT2D eigenvalue weighted by molar-refractivity contribution is 5.94. The number of aromatic nitrogens is 2. The Morgan fingerprint density at radius 3 is 2.28 bits per heavy atom. The number of hydrogen-bond acceptors (Lipinski definition) is 4. The molecule has 39 heavy (non-hydrogen) atoms. The topological polar surface area (TPSA) is 76.5 Å². The van der Waals surface area contributed by atoms with Crippen LogP contribution in [0.3, 0.4) is 0 Å². The molecule has 1 heterocycles. The number of carbonyl (C=O) groups excluding carboxylic acids is 2. The second-order valence-corrected chi connectivity index (χ2v) is 9.06.